The first-order valence-electron chi connectivity index (χ1n) is 5.29. The molecule has 1 saturated carbocycles. The van der Waals surface area contributed by atoms with Crippen LogP contribution in [0.25, 0.3) is 0 Å². The van der Waals surface area contributed by atoms with Crippen LogP contribution >= 0.6 is 12.2 Å². The molecule has 16 heavy (non-hydrogen) atoms. The van der Waals surface area contributed by atoms with Crippen LogP contribution < -0.4 is 0 Å². The van der Waals surface area contributed by atoms with Gasteiger partial charge in [0.05, 0.1) is 6.04 Å². The Bertz CT molecular complexity index is 438. The van der Waals surface area contributed by atoms with E-state index in [1.54, 1.807) is 0 Å². The average molecular weight is 250 g/mol. The first-order valence-corrected chi connectivity index (χ1v) is 5.70. The normalized spacial score (nSPS) is 18.2. The zero-order valence-electron chi connectivity index (χ0n) is 8.90. The Morgan fingerprint density at radius 2 is 1.88 bits per heavy atom. The molecule has 1 aromatic heterocycles. The summed E-state index contributed by atoms with van der Waals surface area (Å²) < 4.78 is 39.7. The third kappa shape index (κ3) is 1.90. The number of aromatic nitrogens is 2. The van der Waals surface area contributed by atoms with Gasteiger partial charge in [0.1, 0.15) is 10.3 Å². The minimum absolute atomic E-state index is 0.113. The molecule has 0 aliphatic heterocycles. The molecule has 1 N–H and O–H groups in total. The largest absolute Gasteiger partial charge is 0.433 e. The van der Waals surface area contributed by atoms with Crippen molar-refractivity contribution in [1.29, 1.82) is 0 Å². The van der Waals surface area contributed by atoms with Gasteiger partial charge in [0.2, 0.25) is 0 Å². The van der Waals surface area contributed by atoms with Crippen molar-refractivity contribution in [3.63, 3.8) is 0 Å². The van der Waals surface area contributed by atoms with Crippen molar-refractivity contribution in [3.8, 4) is 0 Å². The van der Waals surface area contributed by atoms with Gasteiger partial charge in [0, 0.05) is 5.56 Å². The number of hydrogen-bond donors (Lipinski definition) is 1. The van der Waals surface area contributed by atoms with Gasteiger partial charge in [-0.3, -0.25) is 9.78 Å². The molecule has 1 aliphatic carbocycles. The van der Waals surface area contributed by atoms with E-state index in [1.165, 1.54) is 11.6 Å². The van der Waals surface area contributed by atoms with E-state index in [2.05, 4.69) is 5.10 Å². The van der Waals surface area contributed by atoms with E-state index in [9.17, 15) is 13.2 Å². The maximum Gasteiger partial charge on any atom is 0.433 e. The highest BCUT2D eigenvalue weighted by Crippen LogP contribution is 2.35. The van der Waals surface area contributed by atoms with E-state index in [0.29, 0.717) is 4.64 Å². The van der Waals surface area contributed by atoms with Gasteiger partial charge >= 0.3 is 6.18 Å². The number of H-pyrrole nitrogens is 1. The number of aromatic amines is 1. The Kier molecular flexibility index (Phi) is 2.86. The molecule has 1 heterocycles. The maximum atomic E-state index is 12.6. The SMILES string of the molecule is Cc1c(C(F)(F)F)[nH]n(C2CCCC2)c1=S. The van der Waals surface area contributed by atoms with Gasteiger partial charge in [0.15, 0.2) is 0 Å². The minimum Gasteiger partial charge on any atom is -0.293 e. The van der Waals surface area contributed by atoms with Crippen molar-refractivity contribution >= 4 is 12.2 Å². The summed E-state index contributed by atoms with van der Waals surface area (Å²) in [4.78, 5) is 0. The van der Waals surface area contributed by atoms with Gasteiger partial charge < -0.3 is 0 Å². The Labute approximate surface area is 96.4 Å². The summed E-state index contributed by atoms with van der Waals surface area (Å²) in [6, 6.07) is 0.113. The minimum atomic E-state index is -4.35. The molecule has 6 heteroatoms. The van der Waals surface area contributed by atoms with Crippen LogP contribution in [0.1, 0.15) is 43.0 Å². The average Bonchev–Trinajstić information content (AvgIpc) is 2.75. The zero-order chi connectivity index (χ0) is 11.9. The number of halogens is 3. The van der Waals surface area contributed by atoms with Crippen molar-refractivity contribution in [2.24, 2.45) is 0 Å². The zero-order valence-corrected chi connectivity index (χ0v) is 9.71. The fraction of sp³-hybridized carbons (Fsp3) is 0.700. The lowest BCUT2D eigenvalue weighted by Crippen LogP contribution is -2.11. The second-order valence-corrected chi connectivity index (χ2v) is 4.61. The molecule has 0 spiro atoms. The molecule has 1 aromatic rings. The van der Waals surface area contributed by atoms with Crippen LogP contribution in [0, 0.1) is 11.6 Å². The maximum absolute atomic E-state index is 12.6. The molecule has 1 aliphatic rings. The number of hydrogen-bond acceptors (Lipinski definition) is 1. The standard InChI is InChI=1S/C10H13F3N2S/c1-6-8(10(11,12)13)14-15(9(6)16)7-4-2-3-5-7/h7,14H,2-5H2,1H3. The molecule has 0 amide bonds. The van der Waals surface area contributed by atoms with Gasteiger partial charge in [-0.05, 0) is 19.8 Å². The molecule has 0 aromatic carbocycles. The molecular formula is C10H13F3N2S. The topological polar surface area (TPSA) is 20.7 Å². The lowest BCUT2D eigenvalue weighted by Gasteiger charge is -2.11. The molecule has 0 saturated heterocycles. The third-order valence-electron chi connectivity index (χ3n) is 3.12. The monoisotopic (exact) mass is 250 g/mol. The first-order chi connectivity index (χ1) is 7.41. The predicted octanol–water partition coefficient (Wildman–Crippen LogP) is 3.99. The van der Waals surface area contributed by atoms with E-state index in [0.717, 1.165) is 25.7 Å². The van der Waals surface area contributed by atoms with Gasteiger partial charge in [-0.2, -0.15) is 13.2 Å². The molecule has 0 unspecified atom stereocenters. The number of nitrogens with zero attached hydrogens (tertiary/aromatic N) is 1. The lowest BCUT2D eigenvalue weighted by molar-refractivity contribution is -0.142. The molecular weight excluding hydrogens is 237 g/mol. The molecule has 2 rings (SSSR count). The van der Waals surface area contributed by atoms with Crippen LogP contribution in [0.15, 0.2) is 0 Å². The highest BCUT2D eigenvalue weighted by Gasteiger charge is 2.36. The Balaban J connectivity index is 2.45. The van der Waals surface area contributed by atoms with E-state index in [1.807, 2.05) is 0 Å². The third-order valence-corrected chi connectivity index (χ3v) is 3.62. The smallest absolute Gasteiger partial charge is 0.293 e. The van der Waals surface area contributed by atoms with Crippen LogP contribution in [-0.4, -0.2) is 9.78 Å². The molecule has 90 valence electrons. The van der Waals surface area contributed by atoms with Crippen LogP contribution in [0.5, 0.6) is 0 Å². The fourth-order valence-corrected chi connectivity index (χ4v) is 2.54. The number of rotatable bonds is 1. The van der Waals surface area contributed by atoms with E-state index < -0.39 is 11.9 Å². The summed E-state index contributed by atoms with van der Waals surface area (Å²) >= 11 is 5.05. The van der Waals surface area contributed by atoms with Crippen LogP contribution in [0.4, 0.5) is 13.2 Å². The van der Waals surface area contributed by atoms with Crippen LogP contribution in [0.2, 0.25) is 0 Å². The van der Waals surface area contributed by atoms with E-state index in [-0.39, 0.29) is 11.6 Å². The van der Waals surface area contributed by atoms with Crippen molar-refractivity contribution < 1.29 is 13.2 Å². The van der Waals surface area contributed by atoms with Gasteiger partial charge in [-0.1, -0.05) is 25.1 Å². The summed E-state index contributed by atoms with van der Waals surface area (Å²) in [5.41, 5.74) is -0.571. The summed E-state index contributed by atoms with van der Waals surface area (Å²) in [5.74, 6) is 0. The second kappa shape index (κ2) is 3.91. The van der Waals surface area contributed by atoms with E-state index >= 15 is 0 Å². The molecule has 0 radical (unpaired) electrons. The summed E-state index contributed by atoms with van der Waals surface area (Å²) in [7, 11) is 0. The van der Waals surface area contributed by atoms with Crippen LogP contribution in [0.3, 0.4) is 0 Å². The summed E-state index contributed by atoms with van der Waals surface area (Å²) in [6.07, 6.45) is -0.406. The van der Waals surface area contributed by atoms with Gasteiger partial charge in [-0.25, -0.2) is 0 Å². The molecule has 0 bridgehead atoms. The Hall–Kier alpha value is -0.780. The number of alkyl halides is 3. The highest BCUT2D eigenvalue weighted by molar-refractivity contribution is 7.71. The summed E-state index contributed by atoms with van der Waals surface area (Å²) in [5, 5.41) is 2.42. The lowest BCUT2D eigenvalue weighted by atomic mass is 10.2. The Morgan fingerprint density at radius 3 is 2.31 bits per heavy atom. The van der Waals surface area contributed by atoms with Gasteiger partial charge in [-0.15, -0.1) is 0 Å². The van der Waals surface area contributed by atoms with E-state index in [4.69, 9.17) is 12.2 Å². The van der Waals surface area contributed by atoms with Crippen molar-refractivity contribution in [2.75, 3.05) is 0 Å². The summed E-state index contributed by atoms with van der Waals surface area (Å²) in [6.45, 7) is 1.42. The molecule has 0 atom stereocenters. The second-order valence-electron chi connectivity index (χ2n) is 4.22. The fourth-order valence-electron chi connectivity index (χ4n) is 2.24. The molecule has 1 fully saturated rings. The quantitative estimate of drug-likeness (QED) is 0.747. The van der Waals surface area contributed by atoms with Gasteiger partial charge in [0.25, 0.3) is 0 Å². The predicted molar refractivity (Wildman–Crippen MR) is 56.9 cm³/mol. The first kappa shape index (κ1) is 11.7. The van der Waals surface area contributed by atoms with Crippen molar-refractivity contribution in [2.45, 2.75) is 44.8 Å². The molecule has 2 nitrogen and oxygen atoms in total. The number of nitrogens with one attached hydrogen (secondary N) is 1. The van der Waals surface area contributed by atoms with Crippen LogP contribution in [-0.2, 0) is 6.18 Å². The Morgan fingerprint density at radius 1 is 1.31 bits per heavy atom. The van der Waals surface area contributed by atoms with Crippen molar-refractivity contribution in [3.05, 3.63) is 15.9 Å². The van der Waals surface area contributed by atoms with Crippen molar-refractivity contribution in [1.82, 2.24) is 9.78 Å². The highest BCUT2D eigenvalue weighted by atomic mass is 32.1.